The molecule has 0 amide bonds. The summed E-state index contributed by atoms with van der Waals surface area (Å²) in [5.74, 6) is 7.13. The molecule has 0 bridgehead atoms. The highest BCUT2D eigenvalue weighted by Crippen LogP contribution is 2.13. The van der Waals surface area contributed by atoms with Crippen molar-refractivity contribution in [3.05, 3.63) is 29.8 Å². The predicted octanol–water partition coefficient (Wildman–Crippen LogP) is 5.80. The van der Waals surface area contributed by atoms with Crippen molar-refractivity contribution in [1.82, 2.24) is 0 Å². The fourth-order valence-corrected chi connectivity index (χ4v) is 2.26. The summed E-state index contributed by atoms with van der Waals surface area (Å²) in [4.78, 5) is 0. The number of alkyl halides is 1. The molecule has 0 atom stereocenters. The van der Waals surface area contributed by atoms with Gasteiger partial charge in [-0.15, -0.1) is 11.6 Å². The molecule has 21 heavy (non-hydrogen) atoms. The van der Waals surface area contributed by atoms with Crippen LogP contribution in [-0.4, -0.2) is 12.5 Å². The second-order valence-electron chi connectivity index (χ2n) is 5.28. The highest BCUT2D eigenvalue weighted by molar-refractivity contribution is 6.19. The molecule has 1 aromatic carbocycles. The highest BCUT2D eigenvalue weighted by atomic mass is 35.5. The van der Waals surface area contributed by atoms with Gasteiger partial charge in [0.1, 0.15) is 5.75 Å². The first-order chi connectivity index (χ1) is 10.4. The van der Waals surface area contributed by atoms with Crippen molar-refractivity contribution in [1.29, 1.82) is 0 Å². The van der Waals surface area contributed by atoms with Crippen LogP contribution in [0.5, 0.6) is 5.75 Å². The van der Waals surface area contributed by atoms with Crippen molar-refractivity contribution in [3.63, 3.8) is 0 Å². The first-order valence-electron chi connectivity index (χ1n) is 8.14. The maximum Gasteiger partial charge on any atom is 0.119 e. The molecule has 1 rings (SSSR count). The molecule has 116 valence electrons. The molecule has 0 aliphatic carbocycles. The van der Waals surface area contributed by atoms with Gasteiger partial charge in [0.15, 0.2) is 0 Å². The number of unbranched alkanes of at least 4 members (excludes halogenated alkanes) is 7. The van der Waals surface area contributed by atoms with Crippen molar-refractivity contribution in [2.24, 2.45) is 0 Å². The van der Waals surface area contributed by atoms with Gasteiger partial charge < -0.3 is 4.74 Å². The number of rotatable bonds is 10. The lowest BCUT2D eigenvalue weighted by molar-refractivity contribution is 0.304. The molecule has 0 radical (unpaired) electrons. The van der Waals surface area contributed by atoms with Gasteiger partial charge in [-0.05, 0) is 30.7 Å². The van der Waals surface area contributed by atoms with Gasteiger partial charge in [0.25, 0.3) is 0 Å². The van der Waals surface area contributed by atoms with Gasteiger partial charge in [0, 0.05) is 5.56 Å². The number of ether oxygens (including phenoxy) is 1. The molecule has 0 heterocycles. The maximum atomic E-state index is 5.74. The van der Waals surface area contributed by atoms with E-state index in [1.54, 1.807) is 0 Å². The molecular formula is C19H27ClO. The minimum atomic E-state index is 0.372. The average Bonchev–Trinajstić information content (AvgIpc) is 2.52. The molecule has 0 aliphatic rings. The van der Waals surface area contributed by atoms with Crippen LogP contribution in [0.3, 0.4) is 0 Å². The quantitative estimate of drug-likeness (QED) is 0.302. The lowest BCUT2D eigenvalue weighted by Gasteiger charge is -2.06. The largest absolute Gasteiger partial charge is 0.494 e. The van der Waals surface area contributed by atoms with E-state index in [0.29, 0.717) is 5.88 Å². The average molecular weight is 307 g/mol. The Kier molecular flexibility index (Phi) is 10.8. The van der Waals surface area contributed by atoms with Crippen LogP contribution in [0.25, 0.3) is 0 Å². The first-order valence-corrected chi connectivity index (χ1v) is 8.68. The minimum absolute atomic E-state index is 0.372. The van der Waals surface area contributed by atoms with Gasteiger partial charge in [0.05, 0.1) is 12.5 Å². The van der Waals surface area contributed by atoms with E-state index in [0.717, 1.165) is 24.3 Å². The van der Waals surface area contributed by atoms with E-state index in [1.165, 1.54) is 44.9 Å². The molecule has 2 heteroatoms. The summed E-state index contributed by atoms with van der Waals surface area (Å²) >= 11 is 5.53. The zero-order valence-corrected chi connectivity index (χ0v) is 13.9. The normalized spacial score (nSPS) is 10.0. The molecule has 0 spiro atoms. The van der Waals surface area contributed by atoms with Crippen LogP contribution in [-0.2, 0) is 0 Å². The molecule has 0 N–H and O–H groups in total. The Morgan fingerprint density at radius 1 is 0.905 bits per heavy atom. The molecule has 1 nitrogen and oxygen atoms in total. The van der Waals surface area contributed by atoms with Crippen LogP contribution in [0, 0.1) is 11.8 Å². The summed E-state index contributed by atoms with van der Waals surface area (Å²) in [7, 11) is 0. The zero-order chi connectivity index (χ0) is 15.2. The van der Waals surface area contributed by atoms with Gasteiger partial charge >= 0.3 is 0 Å². The Balaban J connectivity index is 2.05. The molecular weight excluding hydrogens is 280 g/mol. The number of hydrogen-bond acceptors (Lipinski definition) is 1. The van der Waals surface area contributed by atoms with E-state index in [9.17, 15) is 0 Å². The van der Waals surface area contributed by atoms with Crippen molar-refractivity contribution < 1.29 is 4.74 Å². The summed E-state index contributed by atoms with van der Waals surface area (Å²) in [6, 6.07) is 7.90. The molecule has 0 saturated carbocycles. The van der Waals surface area contributed by atoms with Crippen LogP contribution < -0.4 is 4.74 Å². The highest BCUT2D eigenvalue weighted by Gasteiger charge is 1.95. The smallest absolute Gasteiger partial charge is 0.119 e. The van der Waals surface area contributed by atoms with Gasteiger partial charge in [-0.1, -0.05) is 63.7 Å². The van der Waals surface area contributed by atoms with Gasteiger partial charge in [0.2, 0.25) is 0 Å². The standard InChI is InChI=1S/C19H27ClO/c1-2-3-4-5-6-7-8-9-17-21-19-14-12-18(13-15-19)11-10-16-20/h12-15H,2-9,16-17H2,1H3. The van der Waals surface area contributed by atoms with Gasteiger partial charge in [-0.25, -0.2) is 0 Å². The Morgan fingerprint density at radius 3 is 2.14 bits per heavy atom. The van der Waals surface area contributed by atoms with Crippen molar-refractivity contribution in [3.8, 4) is 17.6 Å². The maximum absolute atomic E-state index is 5.74. The predicted molar refractivity (Wildman–Crippen MR) is 92.1 cm³/mol. The Morgan fingerprint density at radius 2 is 1.52 bits per heavy atom. The van der Waals surface area contributed by atoms with Crippen molar-refractivity contribution >= 4 is 11.6 Å². The summed E-state index contributed by atoms with van der Waals surface area (Å²) < 4.78 is 5.74. The molecule has 0 saturated heterocycles. The molecule has 0 aliphatic heterocycles. The number of benzene rings is 1. The Bertz CT molecular complexity index is 413. The van der Waals surface area contributed by atoms with Crippen LogP contribution in [0.1, 0.15) is 63.9 Å². The Hall–Kier alpha value is -1.13. The van der Waals surface area contributed by atoms with Gasteiger partial charge in [-0.2, -0.15) is 0 Å². The van der Waals surface area contributed by atoms with Crippen molar-refractivity contribution in [2.75, 3.05) is 12.5 Å². The second-order valence-corrected chi connectivity index (χ2v) is 5.55. The van der Waals surface area contributed by atoms with E-state index in [2.05, 4.69) is 18.8 Å². The van der Waals surface area contributed by atoms with Crippen LogP contribution >= 0.6 is 11.6 Å². The van der Waals surface area contributed by atoms with Crippen LogP contribution in [0.2, 0.25) is 0 Å². The monoisotopic (exact) mass is 306 g/mol. The van der Waals surface area contributed by atoms with Crippen LogP contribution in [0.4, 0.5) is 0 Å². The van der Waals surface area contributed by atoms with E-state index < -0.39 is 0 Å². The summed E-state index contributed by atoms with van der Waals surface area (Å²) in [5.41, 5.74) is 0.982. The van der Waals surface area contributed by atoms with Crippen molar-refractivity contribution in [2.45, 2.75) is 58.3 Å². The minimum Gasteiger partial charge on any atom is -0.494 e. The fraction of sp³-hybridized carbons (Fsp3) is 0.579. The number of hydrogen-bond donors (Lipinski definition) is 0. The summed E-state index contributed by atoms with van der Waals surface area (Å²) in [6.45, 7) is 3.07. The van der Waals surface area contributed by atoms with Crippen LogP contribution in [0.15, 0.2) is 24.3 Å². The lowest BCUT2D eigenvalue weighted by Crippen LogP contribution is -1.97. The third-order valence-electron chi connectivity index (χ3n) is 3.42. The lowest BCUT2D eigenvalue weighted by atomic mass is 10.1. The number of halogens is 1. The molecule has 0 fully saturated rings. The van der Waals surface area contributed by atoms with E-state index >= 15 is 0 Å². The first kappa shape index (κ1) is 17.9. The third kappa shape index (κ3) is 9.43. The second kappa shape index (κ2) is 12.6. The van der Waals surface area contributed by atoms with E-state index in [1.807, 2.05) is 24.3 Å². The summed E-state index contributed by atoms with van der Waals surface area (Å²) in [5, 5.41) is 0. The van der Waals surface area contributed by atoms with E-state index in [4.69, 9.17) is 16.3 Å². The van der Waals surface area contributed by atoms with Gasteiger partial charge in [-0.3, -0.25) is 0 Å². The third-order valence-corrected chi connectivity index (χ3v) is 3.55. The molecule has 1 aromatic rings. The zero-order valence-electron chi connectivity index (χ0n) is 13.2. The molecule has 0 unspecified atom stereocenters. The Labute approximate surface area is 135 Å². The summed E-state index contributed by atoms with van der Waals surface area (Å²) in [6.07, 6.45) is 10.6. The molecule has 0 aromatic heterocycles. The SMILES string of the molecule is CCCCCCCCCCOc1ccc(C#CCCl)cc1. The van der Waals surface area contributed by atoms with E-state index in [-0.39, 0.29) is 0 Å². The fourth-order valence-electron chi connectivity index (χ4n) is 2.20. The topological polar surface area (TPSA) is 9.23 Å².